The second kappa shape index (κ2) is 3.85. The van der Waals surface area contributed by atoms with E-state index in [1.807, 2.05) is 0 Å². The highest BCUT2D eigenvalue weighted by atomic mass is 79.9. The second-order valence-corrected chi connectivity index (χ2v) is 4.34. The van der Waals surface area contributed by atoms with Crippen molar-refractivity contribution in [3.8, 4) is 0 Å². The van der Waals surface area contributed by atoms with E-state index in [0.29, 0.717) is 9.99 Å². The van der Waals surface area contributed by atoms with Gasteiger partial charge in [-0.1, -0.05) is 15.9 Å². The number of halogens is 1. The molecule has 1 N–H and O–H groups in total. The molecule has 0 spiro atoms. The van der Waals surface area contributed by atoms with Gasteiger partial charge in [0.05, 0.1) is 10.9 Å². The number of benzene rings is 1. The third-order valence-electron chi connectivity index (χ3n) is 2.42. The predicted molar refractivity (Wildman–Crippen MR) is 64.6 cm³/mol. The molecule has 2 rings (SSSR count). The molecule has 0 saturated carbocycles. The molecule has 0 aliphatic heterocycles. The molecule has 1 aromatic carbocycles. The Labute approximate surface area is 103 Å². The average Bonchev–Trinajstić information content (AvgIpc) is 2.26. The number of nitrogens with zero attached hydrogens (tertiary/aromatic N) is 2. The molecule has 0 aliphatic carbocycles. The lowest BCUT2D eigenvalue weighted by Gasteiger charge is -2.07. The van der Waals surface area contributed by atoms with Crippen LogP contribution in [0.25, 0.3) is 10.9 Å². The van der Waals surface area contributed by atoms with Crippen molar-refractivity contribution in [3.05, 3.63) is 43.5 Å². The van der Waals surface area contributed by atoms with Crippen molar-refractivity contribution in [1.82, 2.24) is 9.13 Å². The van der Waals surface area contributed by atoms with Crippen LogP contribution in [0.1, 0.15) is 0 Å². The molecule has 0 saturated heterocycles. The van der Waals surface area contributed by atoms with E-state index in [1.54, 1.807) is 12.1 Å². The number of carbonyl (C=O) groups is 1. The Balaban J connectivity index is 3.12. The fourth-order valence-corrected chi connectivity index (χ4v) is 1.96. The van der Waals surface area contributed by atoms with Gasteiger partial charge in [0.25, 0.3) is 5.56 Å². The molecule has 1 heterocycles. The number of aryl methyl sites for hydroxylation is 1. The maximum absolute atomic E-state index is 11.8. The Hall–Kier alpha value is -1.89. The number of hydrogen-bond acceptors (Lipinski definition) is 3. The SMILES string of the molecule is Cn1c(=O)n(C(=O)O)c(=O)c2cc(Br)ccc21. The lowest BCUT2D eigenvalue weighted by atomic mass is 10.2. The molecule has 0 fully saturated rings. The van der Waals surface area contributed by atoms with Crippen LogP contribution >= 0.6 is 15.9 Å². The predicted octanol–water partition coefficient (Wildman–Crippen LogP) is 0.989. The molecule has 7 heteroatoms. The molecular weight excluding hydrogens is 292 g/mol. The van der Waals surface area contributed by atoms with E-state index in [-0.39, 0.29) is 9.95 Å². The summed E-state index contributed by atoms with van der Waals surface area (Å²) in [7, 11) is 1.41. The van der Waals surface area contributed by atoms with Gasteiger partial charge in [-0.3, -0.25) is 9.36 Å². The van der Waals surface area contributed by atoms with Crippen molar-refractivity contribution in [2.75, 3.05) is 0 Å². The molecule has 17 heavy (non-hydrogen) atoms. The summed E-state index contributed by atoms with van der Waals surface area (Å²) in [4.78, 5) is 34.4. The topological polar surface area (TPSA) is 81.3 Å². The summed E-state index contributed by atoms with van der Waals surface area (Å²) in [5.74, 6) is 0. The van der Waals surface area contributed by atoms with Crippen molar-refractivity contribution >= 4 is 32.9 Å². The van der Waals surface area contributed by atoms with Crippen LogP contribution in [-0.4, -0.2) is 20.3 Å². The van der Waals surface area contributed by atoms with E-state index < -0.39 is 17.3 Å². The lowest BCUT2D eigenvalue weighted by molar-refractivity contribution is 0.193. The zero-order chi connectivity index (χ0) is 12.7. The number of hydrogen-bond donors (Lipinski definition) is 1. The van der Waals surface area contributed by atoms with Gasteiger partial charge in [0.2, 0.25) is 0 Å². The van der Waals surface area contributed by atoms with Crippen molar-refractivity contribution < 1.29 is 9.90 Å². The van der Waals surface area contributed by atoms with Gasteiger partial charge in [-0.2, -0.15) is 4.57 Å². The van der Waals surface area contributed by atoms with Crippen molar-refractivity contribution in [2.45, 2.75) is 0 Å². The molecule has 0 unspecified atom stereocenters. The van der Waals surface area contributed by atoms with E-state index in [9.17, 15) is 14.4 Å². The molecule has 88 valence electrons. The average molecular weight is 299 g/mol. The highest BCUT2D eigenvalue weighted by Gasteiger charge is 2.15. The summed E-state index contributed by atoms with van der Waals surface area (Å²) in [5.41, 5.74) is -1.32. The first-order chi connectivity index (χ1) is 7.93. The maximum atomic E-state index is 11.8. The molecule has 0 radical (unpaired) electrons. The monoisotopic (exact) mass is 298 g/mol. The molecule has 0 atom stereocenters. The van der Waals surface area contributed by atoms with Gasteiger partial charge in [0, 0.05) is 11.5 Å². The van der Waals surface area contributed by atoms with Crippen molar-refractivity contribution in [3.63, 3.8) is 0 Å². The molecule has 0 aliphatic rings. The van der Waals surface area contributed by atoms with Crippen LogP contribution in [0.15, 0.2) is 32.3 Å². The van der Waals surface area contributed by atoms with E-state index in [2.05, 4.69) is 15.9 Å². The Morgan fingerprint density at radius 3 is 2.59 bits per heavy atom. The first-order valence-corrected chi connectivity index (χ1v) is 5.37. The third-order valence-corrected chi connectivity index (χ3v) is 2.92. The van der Waals surface area contributed by atoms with Gasteiger partial charge < -0.3 is 5.11 Å². The lowest BCUT2D eigenvalue weighted by Crippen LogP contribution is -2.42. The van der Waals surface area contributed by atoms with Gasteiger partial charge in [0.1, 0.15) is 0 Å². The van der Waals surface area contributed by atoms with Crippen molar-refractivity contribution in [2.24, 2.45) is 7.05 Å². The molecule has 2 aromatic rings. The van der Waals surface area contributed by atoms with E-state index in [4.69, 9.17) is 5.11 Å². The van der Waals surface area contributed by atoms with Gasteiger partial charge >= 0.3 is 11.8 Å². The largest absolute Gasteiger partial charge is 0.464 e. The third kappa shape index (κ3) is 1.68. The first kappa shape index (κ1) is 11.6. The minimum Gasteiger partial charge on any atom is -0.464 e. The Kier molecular flexibility index (Phi) is 2.62. The molecule has 0 amide bonds. The second-order valence-electron chi connectivity index (χ2n) is 3.43. The maximum Gasteiger partial charge on any atom is 0.422 e. The highest BCUT2D eigenvalue weighted by molar-refractivity contribution is 9.10. The van der Waals surface area contributed by atoms with E-state index in [0.717, 1.165) is 4.57 Å². The first-order valence-electron chi connectivity index (χ1n) is 4.58. The number of aromatic nitrogens is 2. The number of carboxylic acid groups (broad SMARTS) is 1. The Morgan fingerprint density at radius 1 is 1.35 bits per heavy atom. The van der Waals surface area contributed by atoms with Crippen LogP contribution in [0.4, 0.5) is 4.79 Å². The van der Waals surface area contributed by atoms with Crippen LogP contribution < -0.4 is 11.2 Å². The van der Waals surface area contributed by atoms with Crippen LogP contribution in [0, 0.1) is 0 Å². The molecule has 1 aromatic heterocycles. The van der Waals surface area contributed by atoms with E-state index >= 15 is 0 Å². The van der Waals surface area contributed by atoms with E-state index in [1.165, 1.54) is 13.1 Å². The number of rotatable bonds is 0. The Bertz CT molecular complexity index is 744. The molecular formula is C10H7BrN2O4. The quantitative estimate of drug-likeness (QED) is 0.786. The van der Waals surface area contributed by atoms with Gasteiger partial charge in [-0.15, -0.1) is 0 Å². The fraction of sp³-hybridized carbons (Fsp3) is 0.100. The minimum absolute atomic E-state index is 0.170. The Morgan fingerprint density at radius 2 is 2.00 bits per heavy atom. The summed E-state index contributed by atoms with van der Waals surface area (Å²) >= 11 is 3.19. The zero-order valence-corrected chi connectivity index (χ0v) is 10.3. The molecule has 6 nitrogen and oxygen atoms in total. The van der Waals surface area contributed by atoms with Gasteiger partial charge in [0.15, 0.2) is 0 Å². The van der Waals surface area contributed by atoms with Crippen LogP contribution in [0.5, 0.6) is 0 Å². The normalized spacial score (nSPS) is 10.7. The summed E-state index contributed by atoms with van der Waals surface area (Å²) < 4.78 is 1.95. The smallest absolute Gasteiger partial charge is 0.422 e. The summed E-state index contributed by atoms with van der Waals surface area (Å²) in [6.45, 7) is 0. The zero-order valence-electron chi connectivity index (χ0n) is 8.68. The summed E-state index contributed by atoms with van der Waals surface area (Å²) in [6, 6.07) is 4.73. The van der Waals surface area contributed by atoms with Crippen LogP contribution in [0.3, 0.4) is 0 Å². The van der Waals surface area contributed by atoms with Crippen molar-refractivity contribution in [1.29, 1.82) is 0 Å². The highest BCUT2D eigenvalue weighted by Crippen LogP contribution is 2.15. The standard InChI is InChI=1S/C10H7BrN2O4/c1-12-7-3-2-5(11)4-6(7)8(14)13(9(12)15)10(16)17/h2-4H,1H3,(H,16,17). The van der Waals surface area contributed by atoms with Crippen LogP contribution in [-0.2, 0) is 7.05 Å². The molecule has 0 bridgehead atoms. The fourth-order valence-electron chi connectivity index (χ4n) is 1.60. The van der Waals surface area contributed by atoms with Gasteiger partial charge in [-0.05, 0) is 18.2 Å². The summed E-state index contributed by atoms with van der Waals surface area (Å²) in [6.07, 6.45) is -1.59. The summed E-state index contributed by atoms with van der Waals surface area (Å²) in [5, 5.41) is 9.01. The minimum atomic E-state index is -1.59. The van der Waals surface area contributed by atoms with Gasteiger partial charge in [-0.25, -0.2) is 9.59 Å². The number of fused-ring (bicyclic) bond motifs is 1. The van der Waals surface area contributed by atoms with Crippen LogP contribution in [0.2, 0.25) is 0 Å².